The van der Waals surface area contributed by atoms with Crippen LogP contribution in [0.1, 0.15) is 11.5 Å². The molecule has 3 rings (SSSR count). The monoisotopic (exact) mass is 233 g/mol. The van der Waals surface area contributed by atoms with Gasteiger partial charge in [0.15, 0.2) is 0 Å². The number of hydrogen-bond donors (Lipinski definition) is 2. The molecule has 1 aliphatic heterocycles. The average Bonchev–Trinajstić information content (AvgIpc) is 2.72. The third-order valence-electron chi connectivity index (χ3n) is 3.20. The fourth-order valence-electron chi connectivity index (χ4n) is 2.43. The number of phenolic OH excluding ortho intramolecular Hbond substituents is 1. The lowest BCUT2D eigenvalue weighted by molar-refractivity contribution is 0.482. The van der Waals surface area contributed by atoms with Crippen molar-refractivity contribution in [2.75, 3.05) is 17.7 Å². The van der Waals surface area contributed by atoms with Gasteiger partial charge in [-0.3, -0.25) is 0 Å². The first kappa shape index (κ1) is 9.79. The summed E-state index contributed by atoms with van der Waals surface area (Å²) in [5.74, 6) is 1.27. The number of nitrogens with one attached hydrogen (secondary N) is 1. The van der Waals surface area contributed by atoms with Gasteiger partial charge in [-0.15, -0.1) is 11.6 Å². The number of aromatic hydroxyl groups is 1. The van der Waals surface area contributed by atoms with Crippen LogP contribution in [0.5, 0.6) is 5.75 Å². The summed E-state index contributed by atoms with van der Waals surface area (Å²) in [6, 6.07) is 9.71. The lowest BCUT2D eigenvalue weighted by atomic mass is 9.95. The van der Waals surface area contributed by atoms with E-state index in [4.69, 9.17) is 11.6 Å². The Morgan fingerprint density at radius 2 is 2.06 bits per heavy atom. The fraction of sp³-hybridized carbons (Fsp3) is 0.231. The van der Waals surface area contributed by atoms with E-state index in [1.807, 2.05) is 24.3 Å². The van der Waals surface area contributed by atoms with Gasteiger partial charge in [-0.05, 0) is 10.9 Å². The maximum atomic E-state index is 9.92. The Bertz CT molecular complexity index is 553. The number of alkyl halides is 1. The second-order valence-corrected chi connectivity index (χ2v) is 4.44. The Kier molecular flexibility index (Phi) is 2.18. The molecule has 0 amide bonds. The molecule has 0 bridgehead atoms. The minimum absolute atomic E-state index is 0.331. The molecule has 1 heterocycles. The molecule has 1 atom stereocenters. The molecule has 0 spiro atoms. The normalized spacial score (nSPS) is 18.4. The van der Waals surface area contributed by atoms with Crippen LogP contribution in [0.15, 0.2) is 30.3 Å². The van der Waals surface area contributed by atoms with E-state index >= 15 is 0 Å². The van der Waals surface area contributed by atoms with E-state index in [9.17, 15) is 5.11 Å². The van der Waals surface area contributed by atoms with Crippen LogP contribution in [0.3, 0.4) is 0 Å². The maximum Gasteiger partial charge on any atom is 0.125 e. The number of anilines is 1. The molecule has 82 valence electrons. The van der Waals surface area contributed by atoms with Crippen molar-refractivity contribution in [3.05, 3.63) is 35.9 Å². The van der Waals surface area contributed by atoms with Gasteiger partial charge in [-0.2, -0.15) is 0 Å². The molecule has 3 heteroatoms. The molecule has 0 fully saturated rings. The number of phenols is 1. The maximum absolute atomic E-state index is 9.92. The van der Waals surface area contributed by atoms with Crippen molar-refractivity contribution >= 4 is 28.1 Å². The highest BCUT2D eigenvalue weighted by Crippen LogP contribution is 2.41. The third kappa shape index (κ3) is 1.26. The lowest BCUT2D eigenvalue weighted by Gasteiger charge is -2.10. The first-order chi connectivity index (χ1) is 7.81. The molecule has 0 radical (unpaired) electrons. The molecule has 0 aromatic heterocycles. The summed E-state index contributed by atoms with van der Waals surface area (Å²) in [5.41, 5.74) is 2.25. The van der Waals surface area contributed by atoms with Crippen molar-refractivity contribution < 1.29 is 5.11 Å². The Labute approximate surface area is 98.8 Å². The standard InChI is InChI=1S/C13H12ClNO/c14-6-8-7-15-11-5-12(16)9-3-1-2-4-10(9)13(8)11/h1-5,8,15-16H,6-7H2. The van der Waals surface area contributed by atoms with Gasteiger partial charge in [-0.25, -0.2) is 0 Å². The first-order valence-corrected chi connectivity index (χ1v) is 5.89. The molecule has 1 unspecified atom stereocenters. The van der Waals surface area contributed by atoms with Crippen molar-refractivity contribution in [1.29, 1.82) is 0 Å². The fourth-order valence-corrected chi connectivity index (χ4v) is 2.70. The Morgan fingerprint density at radius 1 is 1.31 bits per heavy atom. The van der Waals surface area contributed by atoms with Crippen LogP contribution in [0.25, 0.3) is 10.8 Å². The number of halogens is 1. The molecular formula is C13H12ClNO. The zero-order chi connectivity index (χ0) is 11.1. The Balaban J connectivity index is 2.37. The van der Waals surface area contributed by atoms with Crippen molar-refractivity contribution in [2.24, 2.45) is 0 Å². The average molecular weight is 234 g/mol. The van der Waals surface area contributed by atoms with Gasteiger partial charge in [0.05, 0.1) is 0 Å². The van der Waals surface area contributed by atoms with Gasteiger partial charge in [0, 0.05) is 35.5 Å². The molecule has 0 saturated carbocycles. The van der Waals surface area contributed by atoms with Crippen LogP contribution >= 0.6 is 11.6 Å². The van der Waals surface area contributed by atoms with Crippen LogP contribution in [-0.2, 0) is 0 Å². The molecule has 0 aliphatic carbocycles. The van der Waals surface area contributed by atoms with E-state index in [1.165, 1.54) is 5.56 Å². The van der Waals surface area contributed by atoms with Crippen LogP contribution in [0.2, 0.25) is 0 Å². The highest BCUT2D eigenvalue weighted by atomic mass is 35.5. The van der Waals surface area contributed by atoms with E-state index in [0.29, 0.717) is 17.5 Å². The van der Waals surface area contributed by atoms with Gasteiger partial charge in [0.25, 0.3) is 0 Å². The van der Waals surface area contributed by atoms with Gasteiger partial charge < -0.3 is 10.4 Å². The summed E-state index contributed by atoms with van der Waals surface area (Å²) in [6.07, 6.45) is 0. The summed E-state index contributed by atoms with van der Waals surface area (Å²) in [7, 11) is 0. The minimum atomic E-state index is 0.331. The SMILES string of the molecule is Oc1cc2c(c3ccccc13)C(CCl)CN2. The summed E-state index contributed by atoms with van der Waals surface area (Å²) < 4.78 is 0. The van der Waals surface area contributed by atoms with Gasteiger partial charge in [-0.1, -0.05) is 24.3 Å². The molecule has 1 aliphatic rings. The highest BCUT2D eigenvalue weighted by Gasteiger charge is 2.24. The molecular weight excluding hydrogens is 222 g/mol. The molecule has 2 nitrogen and oxygen atoms in total. The van der Waals surface area contributed by atoms with Crippen molar-refractivity contribution in [2.45, 2.75) is 5.92 Å². The number of rotatable bonds is 1. The molecule has 2 N–H and O–H groups in total. The van der Waals surface area contributed by atoms with Crippen molar-refractivity contribution in [3.8, 4) is 5.75 Å². The van der Waals surface area contributed by atoms with Crippen LogP contribution in [0, 0.1) is 0 Å². The summed E-state index contributed by atoms with van der Waals surface area (Å²) in [6.45, 7) is 0.853. The van der Waals surface area contributed by atoms with Crippen molar-refractivity contribution in [3.63, 3.8) is 0 Å². The summed E-state index contributed by atoms with van der Waals surface area (Å²) in [4.78, 5) is 0. The van der Waals surface area contributed by atoms with Gasteiger partial charge in [0.1, 0.15) is 5.75 Å². The molecule has 0 saturated heterocycles. The van der Waals surface area contributed by atoms with Crippen molar-refractivity contribution in [1.82, 2.24) is 0 Å². The second-order valence-electron chi connectivity index (χ2n) is 4.13. The first-order valence-electron chi connectivity index (χ1n) is 5.35. The zero-order valence-electron chi connectivity index (χ0n) is 8.70. The van der Waals surface area contributed by atoms with Crippen LogP contribution in [0.4, 0.5) is 5.69 Å². The summed E-state index contributed by atoms with van der Waals surface area (Å²) in [5, 5.41) is 15.2. The van der Waals surface area contributed by atoms with Crippen LogP contribution < -0.4 is 5.32 Å². The quantitative estimate of drug-likeness (QED) is 0.741. The van der Waals surface area contributed by atoms with E-state index in [0.717, 1.165) is 23.0 Å². The largest absolute Gasteiger partial charge is 0.507 e. The number of fused-ring (bicyclic) bond motifs is 3. The van der Waals surface area contributed by atoms with E-state index in [2.05, 4.69) is 5.32 Å². The van der Waals surface area contributed by atoms with E-state index < -0.39 is 0 Å². The Morgan fingerprint density at radius 3 is 2.81 bits per heavy atom. The Hall–Kier alpha value is -1.41. The smallest absolute Gasteiger partial charge is 0.125 e. The predicted molar refractivity (Wildman–Crippen MR) is 67.6 cm³/mol. The number of benzene rings is 2. The summed E-state index contributed by atoms with van der Waals surface area (Å²) >= 11 is 5.97. The van der Waals surface area contributed by atoms with Crippen LogP contribution in [-0.4, -0.2) is 17.5 Å². The third-order valence-corrected chi connectivity index (χ3v) is 3.57. The number of hydrogen-bond acceptors (Lipinski definition) is 2. The predicted octanol–water partition coefficient (Wildman–Crippen LogP) is 3.29. The topological polar surface area (TPSA) is 32.3 Å². The molecule has 16 heavy (non-hydrogen) atoms. The molecule has 2 aromatic rings. The van der Waals surface area contributed by atoms with E-state index in [-0.39, 0.29) is 0 Å². The minimum Gasteiger partial charge on any atom is -0.507 e. The molecule has 2 aromatic carbocycles. The highest BCUT2D eigenvalue weighted by molar-refractivity contribution is 6.18. The van der Waals surface area contributed by atoms with Gasteiger partial charge >= 0.3 is 0 Å². The lowest BCUT2D eigenvalue weighted by Crippen LogP contribution is -2.02. The van der Waals surface area contributed by atoms with E-state index in [1.54, 1.807) is 6.07 Å². The second kappa shape index (κ2) is 3.56. The zero-order valence-corrected chi connectivity index (χ0v) is 9.46. The van der Waals surface area contributed by atoms with Gasteiger partial charge in [0.2, 0.25) is 0 Å².